The Kier molecular flexibility index (Phi) is 2.88. The van der Waals surface area contributed by atoms with Gasteiger partial charge in [-0.15, -0.1) is 5.10 Å². The first-order valence-corrected chi connectivity index (χ1v) is 5.07. The lowest BCUT2D eigenvalue weighted by Crippen LogP contribution is -2.22. The topological polar surface area (TPSA) is 77.4 Å². The first-order chi connectivity index (χ1) is 7.20. The highest BCUT2D eigenvalue weighted by Crippen LogP contribution is 2.21. The summed E-state index contributed by atoms with van der Waals surface area (Å²) < 4.78 is 10.7. The van der Waals surface area contributed by atoms with Crippen molar-refractivity contribution in [1.82, 2.24) is 10.2 Å². The Bertz CT molecular complexity index is 326. The van der Waals surface area contributed by atoms with Crippen LogP contribution in [0.25, 0.3) is 0 Å². The zero-order valence-corrected chi connectivity index (χ0v) is 9.01. The van der Waals surface area contributed by atoms with E-state index < -0.39 is 0 Å². The van der Waals surface area contributed by atoms with Gasteiger partial charge in [0.2, 0.25) is 5.89 Å². The van der Waals surface area contributed by atoms with Gasteiger partial charge < -0.3 is 19.8 Å². The second-order valence-corrected chi connectivity index (χ2v) is 3.80. The van der Waals surface area contributed by atoms with Crippen molar-refractivity contribution in [3.05, 3.63) is 5.89 Å². The van der Waals surface area contributed by atoms with Crippen molar-refractivity contribution in [2.45, 2.75) is 25.5 Å². The van der Waals surface area contributed by atoms with Crippen molar-refractivity contribution in [2.75, 3.05) is 25.1 Å². The maximum atomic E-state index is 5.64. The first-order valence-electron chi connectivity index (χ1n) is 5.07. The molecule has 2 rings (SSSR count). The van der Waals surface area contributed by atoms with E-state index in [2.05, 4.69) is 10.2 Å². The molecule has 0 aliphatic carbocycles. The third kappa shape index (κ3) is 2.10. The van der Waals surface area contributed by atoms with Crippen molar-refractivity contribution in [3.8, 4) is 0 Å². The molecule has 0 bridgehead atoms. The number of nitrogens with two attached hydrogens (primary N) is 1. The van der Waals surface area contributed by atoms with Crippen molar-refractivity contribution in [3.63, 3.8) is 0 Å². The maximum Gasteiger partial charge on any atom is 0.318 e. The Balaban J connectivity index is 2.04. The van der Waals surface area contributed by atoms with Crippen LogP contribution in [0.5, 0.6) is 0 Å². The molecule has 2 unspecified atom stereocenters. The minimum atomic E-state index is -0.216. The lowest BCUT2D eigenvalue weighted by molar-refractivity contribution is 0.120. The van der Waals surface area contributed by atoms with Crippen molar-refractivity contribution in [2.24, 2.45) is 5.73 Å². The van der Waals surface area contributed by atoms with Crippen LogP contribution in [0.15, 0.2) is 4.42 Å². The molecule has 6 nitrogen and oxygen atoms in total. The van der Waals surface area contributed by atoms with Crippen molar-refractivity contribution in [1.29, 1.82) is 0 Å². The summed E-state index contributed by atoms with van der Waals surface area (Å²) in [6.45, 7) is 3.51. The zero-order chi connectivity index (χ0) is 10.8. The molecule has 0 saturated carbocycles. The van der Waals surface area contributed by atoms with Gasteiger partial charge >= 0.3 is 6.01 Å². The number of ether oxygens (including phenoxy) is 1. The lowest BCUT2D eigenvalue weighted by atomic mass is 10.3. The fourth-order valence-corrected chi connectivity index (χ4v) is 1.63. The summed E-state index contributed by atoms with van der Waals surface area (Å²) in [5.74, 6) is 0.478. The Labute approximate surface area is 88.4 Å². The second-order valence-electron chi connectivity index (χ2n) is 3.80. The normalized spacial score (nSPS) is 23.4. The van der Waals surface area contributed by atoms with Gasteiger partial charge in [0.05, 0.1) is 12.1 Å². The molecular weight excluding hydrogens is 196 g/mol. The van der Waals surface area contributed by atoms with Gasteiger partial charge in [0.25, 0.3) is 0 Å². The Morgan fingerprint density at radius 3 is 2.93 bits per heavy atom. The number of nitrogens with zero attached hydrogens (tertiary/aromatic N) is 3. The number of hydrogen-bond acceptors (Lipinski definition) is 6. The average molecular weight is 212 g/mol. The predicted octanol–water partition coefficient (Wildman–Crippen LogP) is 0.314. The van der Waals surface area contributed by atoms with Gasteiger partial charge in [0, 0.05) is 20.2 Å². The maximum absolute atomic E-state index is 5.64. The number of methoxy groups -OCH3 is 1. The average Bonchev–Trinajstić information content (AvgIpc) is 2.86. The molecule has 0 aromatic carbocycles. The molecule has 6 heteroatoms. The molecule has 84 valence electrons. The summed E-state index contributed by atoms with van der Waals surface area (Å²) in [5.41, 5.74) is 5.64. The summed E-state index contributed by atoms with van der Waals surface area (Å²) in [5, 5.41) is 7.85. The van der Waals surface area contributed by atoms with E-state index in [1.807, 2.05) is 11.8 Å². The van der Waals surface area contributed by atoms with E-state index in [1.165, 1.54) is 0 Å². The summed E-state index contributed by atoms with van der Waals surface area (Å²) in [7, 11) is 1.72. The van der Waals surface area contributed by atoms with Crippen LogP contribution in [0.3, 0.4) is 0 Å². The molecule has 1 fully saturated rings. The lowest BCUT2D eigenvalue weighted by Gasteiger charge is -2.11. The molecule has 0 amide bonds. The molecule has 1 aliphatic rings. The molecule has 2 atom stereocenters. The summed E-state index contributed by atoms with van der Waals surface area (Å²) in [4.78, 5) is 2.02. The van der Waals surface area contributed by atoms with Gasteiger partial charge in [-0.2, -0.15) is 0 Å². The fourth-order valence-electron chi connectivity index (χ4n) is 1.63. The minimum absolute atomic E-state index is 0.216. The van der Waals surface area contributed by atoms with Crippen LogP contribution in [-0.4, -0.2) is 36.5 Å². The molecule has 1 aromatic rings. The zero-order valence-electron chi connectivity index (χ0n) is 9.01. The third-order valence-corrected chi connectivity index (χ3v) is 2.57. The summed E-state index contributed by atoms with van der Waals surface area (Å²) in [6, 6.07) is 0.328. The number of anilines is 1. The quantitative estimate of drug-likeness (QED) is 0.777. The minimum Gasteiger partial charge on any atom is -0.406 e. The van der Waals surface area contributed by atoms with E-state index in [9.17, 15) is 0 Å². The van der Waals surface area contributed by atoms with Crippen LogP contribution in [0.1, 0.15) is 25.3 Å². The number of hydrogen-bond donors (Lipinski definition) is 1. The van der Waals surface area contributed by atoms with E-state index in [0.29, 0.717) is 11.9 Å². The van der Waals surface area contributed by atoms with E-state index in [0.717, 1.165) is 19.5 Å². The van der Waals surface area contributed by atoms with E-state index in [4.69, 9.17) is 14.9 Å². The van der Waals surface area contributed by atoms with Crippen LogP contribution in [0.2, 0.25) is 0 Å². The van der Waals surface area contributed by atoms with Gasteiger partial charge in [-0.25, -0.2) is 0 Å². The standard InChI is InChI=1S/C9H16N4O2/c1-6(10)8-11-12-9(15-8)13-4-3-7(5-13)14-2/h6-7H,3-5,10H2,1-2H3. The van der Waals surface area contributed by atoms with E-state index >= 15 is 0 Å². The SMILES string of the molecule is COC1CCN(c2nnc(C(C)N)o2)C1. The Hall–Kier alpha value is -1.14. The Morgan fingerprint density at radius 2 is 2.40 bits per heavy atom. The fraction of sp³-hybridized carbons (Fsp3) is 0.778. The van der Waals surface area contributed by atoms with Gasteiger partial charge in [0.1, 0.15) is 0 Å². The highest BCUT2D eigenvalue weighted by Gasteiger charge is 2.26. The molecule has 2 N–H and O–H groups in total. The molecular formula is C9H16N4O2. The van der Waals surface area contributed by atoms with E-state index in [1.54, 1.807) is 7.11 Å². The van der Waals surface area contributed by atoms with Crippen LogP contribution in [-0.2, 0) is 4.74 Å². The number of aromatic nitrogens is 2. The van der Waals surface area contributed by atoms with Crippen LogP contribution < -0.4 is 10.6 Å². The van der Waals surface area contributed by atoms with Crippen LogP contribution >= 0.6 is 0 Å². The Morgan fingerprint density at radius 1 is 1.60 bits per heavy atom. The number of rotatable bonds is 3. The monoisotopic (exact) mass is 212 g/mol. The van der Waals surface area contributed by atoms with Crippen molar-refractivity contribution < 1.29 is 9.15 Å². The highest BCUT2D eigenvalue weighted by atomic mass is 16.5. The third-order valence-electron chi connectivity index (χ3n) is 2.57. The summed E-state index contributed by atoms with van der Waals surface area (Å²) in [6.07, 6.45) is 1.25. The van der Waals surface area contributed by atoms with Crippen LogP contribution in [0, 0.1) is 0 Å². The molecule has 2 heterocycles. The summed E-state index contributed by atoms with van der Waals surface area (Å²) >= 11 is 0. The van der Waals surface area contributed by atoms with Gasteiger partial charge in [0.15, 0.2) is 0 Å². The van der Waals surface area contributed by atoms with Gasteiger partial charge in [-0.1, -0.05) is 5.10 Å². The highest BCUT2D eigenvalue weighted by molar-refractivity contribution is 5.26. The molecule has 1 saturated heterocycles. The van der Waals surface area contributed by atoms with Crippen molar-refractivity contribution >= 4 is 6.01 Å². The molecule has 1 aliphatic heterocycles. The predicted molar refractivity (Wildman–Crippen MR) is 54.5 cm³/mol. The van der Waals surface area contributed by atoms with Gasteiger partial charge in [-0.3, -0.25) is 0 Å². The second kappa shape index (κ2) is 4.16. The molecule has 0 radical (unpaired) electrons. The van der Waals surface area contributed by atoms with Gasteiger partial charge in [-0.05, 0) is 13.3 Å². The molecule has 0 spiro atoms. The van der Waals surface area contributed by atoms with E-state index in [-0.39, 0.29) is 12.1 Å². The first kappa shape index (κ1) is 10.4. The smallest absolute Gasteiger partial charge is 0.318 e. The largest absolute Gasteiger partial charge is 0.406 e. The molecule has 1 aromatic heterocycles. The van der Waals surface area contributed by atoms with Crippen LogP contribution in [0.4, 0.5) is 6.01 Å². The molecule has 15 heavy (non-hydrogen) atoms.